The molecule has 1 heterocycles. The third-order valence-corrected chi connectivity index (χ3v) is 5.43. The Morgan fingerprint density at radius 2 is 1.95 bits per heavy atom. The lowest BCUT2D eigenvalue weighted by atomic mass is 9.98. The molecule has 3 heteroatoms. The molecule has 0 unspecified atom stereocenters. The molecule has 0 bridgehead atoms. The summed E-state index contributed by atoms with van der Waals surface area (Å²) in [7, 11) is 0. The van der Waals surface area contributed by atoms with Crippen LogP contribution >= 0.6 is 15.9 Å². The van der Waals surface area contributed by atoms with E-state index < -0.39 is 0 Å². The average Bonchev–Trinajstić information content (AvgIpc) is 3.34. The van der Waals surface area contributed by atoms with Crippen LogP contribution in [0.2, 0.25) is 0 Å². The zero-order chi connectivity index (χ0) is 13.5. The van der Waals surface area contributed by atoms with E-state index in [1.165, 1.54) is 47.8 Å². The van der Waals surface area contributed by atoms with Gasteiger partial charge in [0.05, 0.1) is 6.61 Å². The first-order valence-electron chi connectivity index (χ1n) is 7.96. The fourth-order valence-corrected chi connectivity index (χ4v) is 4.17. The van der Waals surface area contributed by atoms with Gasteiger partial charge in [0.2, 0.25) is 0 Å². The summed E-state index contributed by atoms with van der Waals surface area (Å²) >= 11 is 3.62. The zero-order valence-electron chi connectivity index (χ0n) is 11.8. The van der Waals surface area contributed by atoms with E-state index in [4.69, 9.17) is 4.74 Å². The smallest absolute Gasteiger partial charge is 0.127 e. The number of rotatable bonds is 6. The second-order valence-corrected chi connectivity index (χ2v) is 7.54. The molecule has 0 amide bonds. The van der Waals surface area contributed by atoms with Gasteiger partial charge in [-0.15, -0.1) is 0 Å². The van der Waals surface area contributed by atoms with Crippen LogP contribution in [0.1, 0.15) is 36.8 Å². The van der Waals surface area contributed by atoms with Gasteiger partial charge in [0.25, 0.3) is 0 Å². The molecule has 1 aliphatic heterocycles. The maximum absolute atomic E-state index is 5.80. The van der Waals surface area contributed by atoms with Crippen LogP contribution in [0, 0.1) is 17.8 Å². The maximum atomic E-state index is 5.80. The Labute approximate surface area is 129 Å². The molecule has 2 nitrogen and oxygen atoms in total. The Bertz CT molecular complexity index is 496. The summed E-state index contributed by atoms with van der Waals surface area (Å²) in [6.07, 6.45) is 6.93. The van der Waals surface area contributed by atoms with E-state index in [9.17, 15) is 0 Å². The fourth-order valence-electron chi connectivity index (χ4n) is 3.62. The Kier molecular flexibility index (Phi) is 3.51. The largest absolute Gasteiger partial charge is 0.493 e. The Morgan fingerprint density at radius 3 is 2.65 bits per heavy atom. The van der Waals surface area contributed by atoms with Crippen molar-refractivity contribution in [3.63, 3.8) is 0 Å². The normalized spacial score (nSPS) is 21.1. The predicted molar refractivity (Wildman–Crippen MR) is 84.0 cm³/mol. The minimum Gasteiger partial charge on any atom is -0.493 e. The van der Waals surface area contributed by atoms with Gasteiger partial charge in [-0.05, 0) is 67.7 Å². The third kappa shape index (κ3) is 2.75. The summed E-state index contributed by atoms with van der Waals surface area (Å²) in [5.41, 5.74) is 2.68. The van der Waals surface area contributed by atoms with Crippen molar-refractivity contribution in [2.75, 3.05) is 13.2 Å². The number of ether oxygens (including phenoxy) is 1. The van der Waals surface area contributed by atoms with E-state index in [0.717, 1.165) is 43.1 Å². The van der Waals surface area contributed by atoms with Crippen LogP contribution in [0.4, 0.5) is 0 Å². The molecule has 1 aromatic rings. The first-order chi connectivity index (χ1) is 9.81. The van der Waals surface area contributed by atoms with E-state index in [0.29, 0.717) is 0 Å². The molecule has 108 valence electrons. The summed E-state index contributed by atoms with van der Waals surface area (Å²) in [5, 5.41) is 3.70. The molecule has 0 atom stereocenters. The van der Waals surface area contributed by atoms with Crippen LogP contribution < -0.4 is 10.1 Å². The van der Waals surface area contributed by atoms with Crippen LogP contribution in [-0.4, -0.2) is 13.2 Å². The van der Waals surface area contributed by atoms with E-state index in [1.54, 1.807) is 0 Å². The fraction of sp³-hybridized carbons (Fsp3) is 0.647. The van der Waals surface area contributed by atoms with Crippen LogP contribution in [0.3, 0.4) is 0 Å². The highest BCUT2D eigenvalue weighted by Crippen LogP contribution is 2.48. The zero-order valence-corrected chi connectivity index (χ0v) is 13.4. The van der Waals surface area contributed by atoms with E-state index in [-0.39, 0.29) is 0 Å². The van der Waals surface area contributed by atoms with Gasteiger partial charge in [-0.1, -0.05) is 15.9 Å². The molecule has 4 rings (SSSR count). The first-order valence-corrected chi connectivity index (χ1v) is 8.75. The SMILES string of the molecule is Brc1cc2c(c(CNCC(C3CC3)C3CC3)c1)OCC2. The molecular formula is C17H22BrNO. The summed E-state index contributed by atoms with van der Waals surface area (Å²) < 4.78 is 6.98. The average molecular weight is 336 g/mol. The number of hydrogen-bond acceptors (Lipinski definition) is 2. The first kappa shape index (κ1) is 13.1. The van der Waals surface area contributed by atoms with Gasteiger partial charge in [0.1, 0.15) is 5.75 Å². The van der Waals surface area contributed by atoms with Crippen molar-refractivity contribution in [3.8, 4) is 5.75 Å². The maximum Gasteiger partial charge on any atom is 0.127 e. The minimum atomic E-state index is 0.839. The van der Waals surface area contributed by atoms with Crippen LogP contribution in [0.25, 0.3) is 0 Å². The minimum absolute atomic E-state index is 0.839. The van der Waals surface area contributed by atoms with Crippen LogP contribution in [-0.2, 0) is 13.0 Å². The molecule has 1 aromatic carbocycles. The van der Waals surface area contributed by atoms with Crippen molar-refractivity contribution in [2.24, 2.45) is 17.8 Å². The van der Waals surface area contributed by atoms with Gasteiger partial charge in [0, 0.05) is 23.0 Å². The lowest BCUT2D eigenvalue weighted by molar-refractivity contribution is 0.348. The Hall–Kier alpha value is -0.540. The molecule has 3 aliphatic rings. The standard InChI is InChI=1S/C17H22BrNO/c18-15-7-13-5-6-20-17(13)14(8-15)9-19-10-16(11-1-2-11)12-3-4-12/h7-8,11-12,16,19H,1-6,9-10H2. The number of hydrogen-bond donors (Lipinski definition) is 1. The van der Waals surface area contributed by atoms with E-state index in [1.807, 2.05) is 0 Å². The summed E-state index contributed by atoms with van der Waals surface area (Å²) in [6.45, 7) is 2.97. The van der Waals surface area contributed by atoms with Crippen LogP contribution in [0.15, 0.2) is 16.6 Å². The second-order valence-electron chi connectivity index (χ2n) is 6.62. The van der Waals surface area contributed by atoms with Crippen molar-refractivity contribution >= 4 is 15.9 Å². The van der Waals surface area contributed by atoms with Gasteiger partial charge in [0.15, 0.2) is 0 Å². The second kappa shape index (κ2) is 5.34. The van der Waals surface area contributed by atoms with Gasteiger partial charge >= 0.3 is 0 Å². The van der Waals surface area contributed by atoms with Crippen molar-refractivity contribution in [3.05, 3.63) is 27.7 Å². The molecule has 0 saturated heterocycles. The molecule has 20 heavy (non-hydrogen) atoms. The van der Waals surface area contributed by atoms with Gasteiger partial charge < -0.3 is 10.1 Å². The molecular weight excluding hydrogens is 314 g/mol. The molecule has 2 saturated carbocycles. The van der Waals surface area contributed by atoms with Crippen molar-refractivity contribution < 1.29 is 4.74 Å². The van der Waals surface area contributed by atoms with Gasteiger partial charge in [-0.3, -0.25) is 0 Å². The number of benzene rings is 1. The van der Waals surface area contributed by atoms with E-state index >= 15 is 0 Å². The van der Waals surface area contributed by atoms with Crippen molar-refractivity contribution in [1.82, 2.24) is 5.32 Å². The molecule has 2 aliphatic carbocycles. The number of halogens is 1. The van der Waals surface area contributed by atoms with Crippen molar-refractivity contribution in [1.29, 1.82) is 0 Å². The topological polar surface area (TPSA) is 21.3 Å². The Balaban J connectivity index is 1.39. The van der Waals surface area contributed by atoms with E-state index in [2.05, 4.69) is 33.4 Å². The highest BCUT2D eigenvalue weighted by atomic mass is 79.9. The summed E-state index contributed by atoms with van der Waals surface area (Å²) in [5.74, 6) is 4.13. The Morgan fingerprint density at radius 1 is 1.20 bits per heavy atom. The third-order valence-electron chi connectivity index (χ3n) is 4.98. The monoisotopic (exact) mass is 335 g/mol. The van der Waals surface area contributed by atoms with Crippen LogP contribution in [0.5, 0.6) is 5.75 Å². The lowest BCUT2D eigenvalue weighted by Crippen LogP contribution is -2.25. The predicted octanol–water partition coefficient (Wildman–Crippen LogP) is 3.91. The molecule has 0 spiro atoms. The number of nitrogens with one attached hydrogen (secondary N) is 1. The summed E-state index contributed by atoms with van der Waals surface area (Å²) in [6, 6.07) is 4.41. The van der Waals surface area contributed by atoms with Gasteiger partial charge in [-0.25, -0.2) is 0 Å². The van der Waals surface area contributed by atoms with Crippen molar-refractivity contribution in [2.45, 2.75) is 38.6 Å². The lowest BCUT2D eigenvalue weighted by Gasteiger charge is -2.17. The molecule has 0 aromatic heterocycles. The highest BCUT2D eigenvalue weighted by molar-refractivity contribution is 9.10. The summed E-state index contributed by atoms with van der Waals surface area (Å²) in [4.78, 5) is 0. The quantitative estimate of drug-likeness (QED) is 0.850. The highest BCUT2D eigenvalue weighted by Gasteiger charge is 2.40. The molecule has 1 N–H and O–H groups in total. The molecule has 2 fully saturated rings. The van der Waals surface area contributed by atoms with Gasteiger partial charge in [-0.2, -0.15) is 0 Å². The molecule has 0 radical (unpaired) electrons. The number of fused-ring (bicyclic) bond motifs is 1.